The summed E-state index contributed by atoms with van der Waals surface area (Å²) >= 11 is 0. The van der Waals surface area contributed by atoms with E-state index in [-0.39, 0.29) is 0 Å². The number of unbranched alkanes of at least 4 members (excludes halogenated alkanes) is 2. The first-order valence-electron chi connectivity index (χ1n) is 2.96. The summed E-state index contributed by atoms with van der Waals surface area (Å²) in [7, 11) is 0. The fourth-order valence-corrected chi connectivity index (χ4v) is 0.448. The van der Waals surface area contributed by atoms with E-state index >= 15 is 0 Å². The number of terminal acetylenes is 1. The minimum Gasteiger partial charge on any atom is -0.106 e. The van der Waals surface area contributed by atoms with Crippen LogP contribution >= 0.6 is 0 Å². The first kappa shape index (κ1) is 7.86. The molecule has 0 radical (unpaired) electrons. The van der Waals surface area contributed by atoms with Crippen molar-refractivity contribution >= 4 is 0 Å². The van der Waals surface area contributed by atoms with Gasteiger partial charge in [0, 0.05) is 6.42 Å². The third-order valence-corrected chi connectivity index (χ3v) is 0.871. The molecule has 0 unspecified atom stereocenters. The zero-order valence-corrected chi connectivity index (χ0v) is 5.48. The van der Waals surface area contributed by atoms with Crippen molar-refractivity contribution in [2.45, 2.75) is 19.3 Å². The van der Waals surface area contributed by atoms with Crippen LogP contribution in [0.2, 0.25) is 0 Å². The Hall–Kier alpha value is -1.14. The Morgan fingerprint density at radius 2 is 2.33 bits per heavy atom. The van der Waals surface area contributed by atoms with E-state index in [0.717, 1.165) is 19.3 Å². The molecule has 0 fully saturated rings. The van der Waals surface area contributed by atoms with Gasteiger partial charge in [0.1, 0.15) is 0 Å². The van der Waals surface area contributed by atoms with E-state index < -0.39 is 0 Å². The lowest BCUT2D eigenvalue weighted by atomic mass is 10.2. The van der Waals surface area contributed by atoms with Crippen molar-refractivity contribution in [1.82, 2.24) is 0 Å². The summed E-state index contributed by atoms with van der Waals surface area (Å²) < 4.78 is 0. The van der Waals surface area contributed by atoms with Gasteiger partial charge in [0.2, 0.25) is 0 Å². The SMILES string of the molecule is C#CC#CCCCC=C. The van der Waals surface area contributed by atoms with Gasteiger partial charge in [-0.2, -0.15) is 0 Å². The molecule has 0 aromatic rings. The molecule has 46 valence electrons. The van der Waals surface area contributed by atoms with Gasteiger partial charge in [-0.3, -0.25) is 0 Å². The minimum atomic E-state index is 0.885. The summed E-state index contributed by atoms with van der Waals surface area (Å²) in [5.74, 6) is 7.64. The Bertz CT molecular complexity index is 159. The second-order valence-corrected chi connectivity index (χ2v) is 1.63. The lowest BCUT2D eigenvalue weighted by molar-refractivity contribution is 0.887. The van der Waals surface area contributed by atoms with Crippen molar-refractivity contribution in [3.63, 3.8) is 0 Å². The lowest BCUT2D eigenvalue weighted by Gasteiger charge is -1.82. The van der Waals surface area contributed by atoms with Crippen LogP contribution in [0, 0.1) is 24.2 Å². The normalized spacial score (nSPS) is 6.56. The van der Waals surface area contributed by atoms with Crippen molar-refractivity contribution in [2.75, 3.05) is 0 Å². The highest BCUT2D eigenvalue weighted by Gasteiger charge is 1.75. The van der Waals surface area contributed by atoms with Gasteiger partial charge in [-0.25, -0.2) is 0 Å². The van der Waals surface area contributed by atoms with Crippen LogP contribution in [0.1, 0.15) is 19.3 Å². The van der Waals surface area contributed by atoms with Gasteiger partial charge in [0.25, 0.3) is 0 Å². The number of rotatable bonds is 3. The molecule has 0 heteroatoms. The van der Waals surface area contributed by atoms with Crippen LogP contribution in [0.5, 0.6) is 0 Å². The zero-order valence-electron chi connectivity index (χ0n) is 5.48. The van der Waals surface area contributed by atoms with Crippen LogP contribution in [0.3, 0.4) is 0 Å². The summed E-state index contributed by atoms with van der Waals surface area (Å²) in [4.78, 5) is 0. The molecule has 0 rings (SSSR count). The molecule has 0 heterocycles. The quantitative estimate of drug-likeness (QED) is 0.302. The highest BCUT2D eigenvalue weighted by Crippen LogP contribution is 1.92. The lowest BCUT2D eigenvalue weighted by Crippen LogP contribution is -1.66. The second kappa shape index (κ2) is 6.86. The van der Waals surface area contributed by atoms with Crippen LogP contribution < -0.4 is 0 Å². The molecule has 0 atom stereocenters. The molecule has 0 spiro atoms. The first-order valence-corrected chi connectivity index (χ1v) is 2.96. The molecule has 9 heavy (non-hydrogen) atoms. The van der Waals surface area contributed by atoms with Gasteiger partial charge >= 0.3 is 0 Å². The summed E-state index contributed by atoms with van der Waals surface area (Å²) in [5, 5.41) is 0. The Morgan fingerprint density at radius 1 is 1.56 bits per heavy atom. The second-order valence-electron chi connectivity index (χ2n) is 1.63. The van der Waals surface area contributed by atoms with Gasteiger partial charge in [-0.05, 0) is 24.7 Å². The predicted molar refractivity (Wildman–Crippen MR) is 40.7 cm³/mol. The molecule has 0 N–H and O–H groups in total. The molecule has 0 nitrogen and oxygen atoms in total. The van der Waals surface area contributed by atoms with Crippen molar-refractivity contribution in [2.24, 2.45) is 0 Å². The summed E-state index contributed by atoms with van der Waals surface area (Å²) in [6.45, 7) is 3.59. The molecule has 0 aliphatic carbocycles. The molecule has 0 amide bonds. The maximum atomic E-state index is 4.90. The molecule has 0 saturated heterocycles. The highest BCUT2D eigenvalue weighted by molar-refractivity contribution is 5.21. The van der Waals surface area contributed by atoms with E-state index in [2.05, 4.69) is 24.3 Å². The van der Waals surface area contributed by atoms with Crippen molar-refractivity contribution in [3.8, 4) is 24.2 Å². The fourth-order valence-electron chi connectivity index (χ4n) is 0.448. The molecule has 0 aliphatic rings. The van der Waals surface area contributed by atoms with E-state index in [1.165, 1.54) is 0 Å². The number of allylic oxidation sites excluding steroid dienone is 1. The average Bonchev–Trinajstić information content (AvgIpc) is 1.89. The largest absolute Gasteiger partial charge is 0.106 e. The van der Waals surface area contributed by atoms with Gasteiger partial charge in [0.05, 0.1) is 0 Å². The van der Waals surface area contributed by atoms with Gasteiger partial charge in [-0.15, -0.1) is 13.0 Å². The molecular weight excluding hydrogens is 108 g/mol. The van der Waals surface area contributed by atoms with E-state index in [1.807, 2.05) is 6.08 Å². The minimum absolute atomic E-state index is 0.885. The molecule has 0 saturated carbocycles. The Labute approximate surface area is 57.0 Å². The molecule has 0 aliphatic heterocycles. The monoisotopic (exact) mass is 118 g/mol. The van der Waals surface area contributed by atoms with Gasteiger partial charge < -0.3 is 0 Å². The molecule has 0 aromatic carbocycles. The molecule has 0 bridgehead atoms. The Morgan fingerprint density at radius 3 is 2.89 bits per heavy atom. The Balaban J connectivity index is 3.11. The third-order valence-electron chi connectivity index (χ3n) is 0.871. The van der Waals surface area contributed by atoms with Gasteiger partial charge in [0.15, 0.2) is 0 Å². The van der Waals surface area contributed by atoms with E-state index in [0.29, 0.717) is 0 Å². The topological polar surface area (TPSA) is 0 Å². The fraction of sp³-hybridized carbons (Fsp3) is 0.333. The average molecular weight is 118 g/mol. The van der Waals surface area contributed by atoms with Crippen molar-refractivity contribution in [3.05, 3.63) is 12.7 Å². The van der Waals surface area contributed by atoms with Crippen LogP contribution in [0.25, 0.3) is 0 Å². The maximum absolute atomic E-state index is 4.90. The molecule has 0 aromatic heterocycles. The standard InChI is InChI=1S/C9H10/c1-3-5-7-9-8-6-4-2/h1,4H,2,6,8-9H2. The van der Waals surface area contributed by atoms with Crippen molar-refractivity contribution in [1.29, 1.82) is 0 Å². The Kier molecular flexibility index (Phi) is 5.99. The molecular formula is C9H10. The summed E-state index contributed by atoms with van der Waals surface area (Å²) in [5.41, 5.74) is 0. The van der Waals surface area contributed by atoms with E-state index in [1.54, 1.807) is 0 Å². The van der Waals surface area contributed by atoms with Crippen LogP contribution in [0.15, 0.2) is 12.7 Å². The first-order chi connectivity index (χ1) is 4.41. The smallest absolute Gasteiger partial charge is 0.0102 e. The van der Waals surface area contributed by atoms with Crippen molar-refractivity contribution < 1.29 is 0 Å². The van der Waals surface area contributed by atoms with E-state index in [4.69, 9.17) is 6.42 Å². The highest BCUT2D eigenvalue weighted by atomic mass is 13.8. The van der Waals surface area contributed by atoms with Gasteiger partial charge in [-0.1, -0.05) is 12.0 Å². The summed E-state index contributed by atoms with van der Waals surface area (Å²) in [6, 6.07) is 0. The summed E-state index contributed by atoms with van der Waals surface area (Å²) in [6.07, 6.45) is 9.77. The third kappa shape index (κ3) is 6.86. The number of hydrogen-bond donors (Lipinski definition) is 0. The number of hydrogen-bond acceptors (Lipinski definition) is 0. The predicted octanol–water partition coefficient (Wildman–Crippen LogP) is 1.98. The maximum Gasteiger partial charge on any atom is 0.0102 e. The van der Waals surface area contributed by atoms with E-state index in [9.17, 15) is 0 Å². The van der Waals surface area contributed by atoms with Crippen LogP contribution in [-0.4, -0.2) is 0 Å². The zero-order chi connectivity index (χ0) is 6.95. The van der Waals surface area contributed by atoms with Crippen LogP contribution in [0.4, 0.5) is 0 Å². The van der Waals surface area contributed by atoms with Crippen LogP contribution in [-0.2, 0) is 0 Å².